The van der Waals surface area contributed by atoms with Crippen molar-refractivity contribution in [1.82, 2.24) is 0 Å². The fourth-order valence-electron chi connectivity index (χ4n) is 3.99. The van der Waals surface area contributed by atoms with E-state index in [9.17, 15) is 9.90 Å². The lowest BCUT2D eigenvalue weighted by molar-refractivity contribution is -0.127. The van der Waals surface area contributed by atoms with Crippen molar-refractivity contribution in [3.05, 3.63) is 29.3 Å². The summed E-state index contributed by atoms with van der Waals surface area (Å²) in [5.74, 6) is 1.74. The zero-order valence-electron chi connectivity index (χ0n) is 14.7. The summed E-state index contributed by atoms with van der Waals surface area (Å²) >= 11 is 0. The number of rotatable bonds is 4. The molecule has 0 heterocycles. The number of ether oxygens (including phenoxy) is 2. The molecule has 0 saturated heterocycles. The number of benzene rings is 1. The van der Waals surface area contributed by atoms with Crippen molar-refractivity contribution in [1.29, 1.82) is 0 Å². The number of aliphatic hydroxyl groups is 1. The zero-order valence-corrected chi connectivity index (χ0v) is 14.7. The number of carbonyl (C=O) groups excluding carboxylic acids is 1. The number of aliphatic hydroxyl groups excluding tert-OH is 1. The number of allylic oxidation sites excluding steroid dienone is 2. The molecular formula is C20H26O4. The summed E-state index contributed by atoms with van der Waals surface area (Å²) in [7, 11) is 3.32. The molecule has 0 amide bonds. The number of carbonyl (C=O) groups is 1. The minimum atomic E-state index is -0.638. The summed E-state index contributed by atoms with van der Waals surface area (Å²) in [5, 5.41) is 10.2. The molecule has 130 valence electrons. The monoisotopic (exact) mass is 330 g/mol. The maximum Gasteiger partial charge on any atom is 0.164 e. The number of hydrogen-bond donors (Lipinski definition) is 1. The lowest BCUT2D eigenvalue weighted by Crippen LogP contribution is -2.32. The van der Waals surface area contributed by atoms with Crippen LogP contribution in [0.15, 0.2) is 18.2 Å². The van der Waals surface area contributed by atoms with Crippen molar-refractivity contribution in [2.45, 2.75) is 51.6 Å². The van der Waals surface area contributed by atoms with Crippen LogP contribution in [0.3, 0.4) is 0 Å². The molecule has 3 rings (SSSR count). The van der Waals surface area contributed by atoms with Gasteiger partial charge in [0.05, 0.1) is 25.7 Å². The number of methoxy groups -OCH3 is 2. The summed E-state index contributed by atoms with van der Waals surface area (Å²) in [6.07, 6.45) is 6.29. The van der Waals surface area contributed by atoms with Gasteiger partial charge < -0.3 is 14.6 Å². The van der Waals surface area contributed by atoms with E-state index in [1.165, 1.54) is 16.7 Å². The van der Waals surface area contributed by atoms with Gasteiger partial charge in [0.15, 0.2) is 11.5 Å². The predicted octanol–water partition coefficient (Wildman–Crippen LogP) is 3.54. The number of Topliss-reactive ketones (excluding diaryl/α,β-unsaturated/α-hetero) is 1. The molecule has 0 aromatic heterocycles. The van der Waals surface area contributed by atoms with Crippen molar-refractivity contribution < 1.29 is 19.4 Å². The smallest absolute Gasteiger partial charge is 0.164 e. The second-order valence-corrected chi connectivity index (χ2v) is 7.01. The molecule has 1 aromatic rings. The van der Waals surface area contributed by atoms with Gasteiger partial charge in [-0.05, 0) is 56.2 Å². The Bertz CT molecular complexity index is 676. The van der Waals surface area contributed by atoms with Crippen LogP contribution in [0.1, 0.15) is 50.2 Å². The van der Waals surface area contributed by atoms with E-state index in [-0.39, 0.29) is 5.78 Å². The van der Waals surface area contributed by atoms with E-state index in [1.807, 2.05) is 13.0 Å². The zero-order chi connectivity index (χ0) is 17.3. The van der Waals surface area contributed by atoms with Crippen LogP contribution in [0.4, 0.5) is 0 Å². The molecule has 24 heavy (non-hydrogen) atoms. The Kier molecular flexibility index (Phi) is 4.68. The number of fused-ring (bicyclic) bond motifs is 1. The molecule has 2 aliphatic rings. The van der Waals surface area contributed by atoms with Crippen molar-refractivity contribution >= 4 is 11.4 Å². The fourth-order valence-corrected chi connectivity index (χ4v) is 3.99. The van der Waals surface area contributed by atoms with Crippen molar-refractivity contribution in [3.63, 3.8) is 0 Å². The molecule has 4 nitrogen and oxygen atoms in total. The molecular weight excluding hydrogens is 304 g/mol. The van der Waals surface area contributed by atoms with Gasteiger partial charge in [0.25, 0.3) is 0 Å². The summed E-state index contributed by atoms with van der Waals surface area (Å²) in [4.78, 5) is 12.2. The Morgan fingerprint density at radius 1 is 1.25 bits per heavy atom. The molecule has 0 spiro atoms. The molecule has 0 aliphatic heterocycles. The minimum Gasteiger partial charge on any atom is -0.493 e. The van der Waals surface area contributed by atoms with Crippen LogP contribution in [0.5, 0.6) is 11.5 Å². The van der Waals surface area contributed by atoms with Gasteiger partial charge in [-0.3, -0.25) is 4.79 Å². The quantitative estimate of drug-likeness (QED) is 0.917. The van der Waals surface area contributed by atoms with E-state index in [1.54, 1.807) is 14.2 Å². The Morgan fingerprint density at radius 2 is 2.04 bits per heavy atom. The predicted molar refractivity (Wildman–Crippen MR) is 93.4 cm³/mol. The van der Waals surface area contributed by atoms with E-state index in [0.29, 0.717) is 19.3 Å². The molecule has 4 heteroatoms. The van der Waals surface area contributed by atoms with Crippen LogP contribution < -0.4 is 9.47 Å². The summed E-state index contributed by atoms with van der Waals surface area (Å²) < 4.78 is 11.0. The highest BCUT2D eigenvalue weighted by molar-refractivity contribution is 5.88. The molecule has 1 fully saturated rings. The summed E-state index contributed by atoms with van der Waals surface area (Å²) in [6, 6.07) is 4.02. The minimum absolute atomic E-state index is 0.176. The Labute approximate surface area is 143 Å². The molecule has 1 N–H and O–H groups in total. The topological polar surface area (TPSA) is 55.8 Å². The van der Waals surface area contributed by atoms with Crippen LogP contribution in [0.2, 0.25) is 0 Å². The Balaban J connectivity index is 1.94. The molecule has 0 bridgehead atoms. The van der Waals surface area contributed by atoms with Crippen LogP contribution in [-0.2, 0) is 11.2 Å². The normalized spacial score (nSPS) is 28.1. The first-order chi connectivity index (χ1) is 11.5. The first-order valence-corrected chi connectivity index (χ1v) is 8.66. The second-order valence-electron chi connectivity index (χ2n) is 7.01. The van der Waals surface area contributed by atoms with E-state index >= 15 is 0 Å². The van der Waals surface area contributed by atoms with Gasteiger partial charge in [-0.1, -0.05) is 12.1 Å². The first kappa shape index (κ1) is 17.0. The van der Waals surface area contributed by atoms with Crippen LogP contribution in [0.25, 0.3) is 5.57 Å². The van der Waals surface area contributed by atoms with Crippen molar-refractivity contribution in [2.75, 3.05) is 14.2 Å². The van der Waals surface area contributed by atoms with Gasteiger partial charge in [-0.2, -0.15) is 0 Å². The van der Waals surface area contributed by atoms with E-state index in [0.717, 1.165) is 30.8 Å². The van der Waals surface area contributed by atoms with E-state index in [4.69, 9.17) is 9.47 Å². The van der Waals surface area contributed by atoms with E-state index < -0.39 is 11.5 Å². The molecule has 2 aliphatic carbocycles. The van der Waals surface area contributed by atoms with Crippen LogP contribution in [-0.4, -0.2) is 31.2 Å². The standard InChI is InChI=1S/C20H26O4/c1-20(17(21)9-10-18(20)22)12-11-13-5-4-6-15-14(13)7-8-16(23-2)19(15)24-3/h7-8,11,17,21H,4-6,9-10,12H2,1-3H3/t17-,20+/m0/s1. The Morgan fingerprint density at radius 3 is 2.67 bits per heavy atom. The maximum atomic E-state index is 12.2. The summed E-state index contributed by atoms with van der Waals surface area (Å²) in [5.41, 5.74) is 2.96. The van der Waals surface area contributed by atoms with Crippen LogP contribution >= 0.6 is 0 Å². The highest BCUT2D eigenvalue weighted by Crippen LogP contribution is 2.43. The Hall–Kier alpha value is -1.81. The third-order valence-corrected chi connectivity index (χ3v) is 5.66. The highest BCUT2D eigenvalue weighted by atomic mass is 16.5. The number of ketones is 1. The first-order valence-electron chi connectivity index (χ1n) is 8.66. The third-order valence-electron chi connectivity index (χ3n) is 5.66. The average Bonchev–Trinajstić information content (AvgIpc) is 2.86. The average molecular weight is 330 g/mol. The number of hydrogen-bond acceptors (Lipinski definition) is 4. The molecule has 2 atom stereocenters. The van der Waals surface area contributed by atoms with E-state index in [2.05, 4.69) is 12.1 Å². The lowest BCUT2D eigenvalue weighted by atomic mass is 9.79. The summed E-state index contributed by atoms with van der Waals surface area (Å²) in [6.45, 7) is 1.89. The molecule has 1 saturated carbocycles. The van der Waals surface area contributed by atoms with Crippen molar-refractivity contribution in [3.8, 4) is 11.5 Å². The largest absolute Gasteiger partial charge is 0.493 e. The fraction of sp³-hybridized carbons (Fsp3) is 0.550. The van der Waals surface area contributed by atoms with Crippen LogP contribution in [0, 0.1) is 5.41 Å². The lowest BCUT2D eigenvalue weighted by Gasteiger charge is -2.27. The SMILES string of the molecule is COc1ccc2c(c1OC)CCCC2=CC[C@@]1(C)C(=O)CC[C@@H]1O. The van der Waals surface area contributed by atoms with Crippen molar-refractivity contribution in [2.24, 2.45) is 5.41 Å². The molecule has 0 unspecified atom stereocenters. The van der Waals surface area contributed by atoms with Gasteiger partial charge in [0.1, 0.15) is 5.78 Å². The van der Waals surface area contributed by atoms with Gasteiger partial charge >= 0.3 is 0 Å². The molecule has 0 radical (unpaired) electrons. The third kappa shape index (κ3) is 2.73. The highest BCUT2D eigenvalue weighted by Gasteiger charge is 2.44. The maximum absolute atomic E-state index is 12.2. The van der Waals surface area contributed by atoms with Gasteiger partial charge in [0.2, 0.25) is 0 Å². The van der Waals surface area contributed by atoms with Gasteiger partial charge in [-0.25, -0.2) is 0 Å². The second kappa shape index (κ2) is 6.60. The molecule has 1 aromatic carbocycles. The van der Waals surface area contributed by atoms with Gasteiger partial charge in [0, 0.05) is 12.0 Å². The van der Waals surface area contributed by atoms with Gasteiger partial charge in [-0.15, -0.1) is 0 Å².